The first-order valence-corrected chi connectivity index (χ1v) is 9.60. The number of aromatic amines is 1. The van der Waals surface area contributed by atoms with E-state index in [0.717, 1.165) is 13.1 Å². The van der Waals surface area contributed by atoms with E-state index in [4.69, 9.17) is 5.11 Å². The Kier molecular flexibility index (Phi) is 3.76. The average Bonchev–Trinajstić information content (AvgIpc) is 3.21. The Labute approximate surface area is 143 Å². The Morgan fingerprint density at radius 2 is 1.88 bits per heavy atom. The molecule has 0 radical (unpaired) electrons. The highest BCUT2D eigenvalue weighted by Crippen LogP contribution is 2.48. The number of nitrogens with one attached hydrogen (secondary N) is 1. The largest absolute Gasteiger partial charge is 0.465 e. The van der Waals surface area contributed by atoms with Gasteiger partial charge in [-0.15, -0.1) is 0 Å². The van der Waals surface area contributed by atoms with Gasteiger partial charge in [-0.2, -0.15) is 10.9 Å². The zero-order valence-corrected chi connectivity index (χ0v) is 14.5. The molecule has 5 nitrogen and oxygen atoms in total. The number of hydrogen-bond acceptors (Lipinski definition) is 2. The summed E-state index contributed by atoms with van der Waals surface area (Å²) in [7, 11) is -0.366. The summed E-state index contributed by atoms with van der Waals surface area (Å²) in [6.07, 6.45) is 3.42. The summed E-state index contributed by atoms with van der Waals surface area (Å²) in [5, 5.41) is 15.0. The molecule has 1 saturated heterocycles. The van der Waals surface area contributed by atoms with Gasteiger partial charge in [0, 0.05) is 42.2 Å². The molecule has 24 heavy (non-hydrogen) atoms. The summed E-state index contributed by atoms with van der Waals surface area (Å²) in [6.45, 7) is 4.71. The van der Waals surface area contributed by atoms with Crippen LogP contribution in [0.2, 0.25) is 0 Å². The average molecular weight is 343 g/mol. The standard InChI is InChI=1S/C18H21N3O2S/c1-13-17(24-11-2-3-12-24)14-5-4-6-15(16(14)19-13)20-7-9-21(10-8-20)18(22)23/h2-6,11-12,19,24H,7-10H2,1H3,(H,22,23). The van der Waals surface area contributed by atoms with E-state index in [2.05, 4.69) is 58.0 Å². The SMILES string of the molecule is Cc1[nH]c2c(N3CCN(C(=O)O)CC3)cccc2c1[SH]1C=CC=C1. The smallest absolute Gasteiger partial charge is 0.407 e. The number of carbonyl (C=O) groups is 1. The molecule has 2 aliphatic rings. The van der Waals surface area contributed by atoms with Crippen molar-refractivity contribution in [2.45, 2.75) is 11.8 Å². The number of aryl methyl sites for hydroxylation is 1. The number of carboxylic acid groups (broad SMARTS) is 1. The van der Waals surface area contributed by atoms with Crippen molar-refractivity contribution in [2.24, 2.45) is 0 Å². The number of amides is 1. The highest BCUT2D eigenvalue weighted by Gasteiger charge is 2.23. The number of hydrogen-bond donors (Lipinski definition) is 3. The summed E-state index contributed by atoms with van der Waals surface area (Å²) < 4.78 is 0. The number of benzene rings is 1. The molecule has 1 amide bonds. The Bertz CT molecular complexity index is 835. The Morgan fingerprint density at radius 1 is 1.17 bits per heavy atom. The molecule has 1 aromatic heterocycles. The molecule has 0 spiro atoms. The molecule has 6 heteroatoms. The van der Waals surface area contributed by atoms with Crippen molar-refractivity contribution in [1.82, 2.24) is 9.88 Å². The second-order valence-corrected chi connectivity index (χ2v) is 8.00. The Morgan fingerprint density at radius 3 is 2.54 bits per heavy atom. The zero-order chi connectivity index (χ0) is 16.7. The minimum Gasteiger partial charge on any atom is -0.465 e. The predicted molar refractivity (Wildman–Crippen MR) is 100 cm³/mol. The van der Waals surface area contributed by atoms with E-state index in [9.17, 15) is 4.79 Å². The maximum Gasteiger partial charge on any atom is 0.407 e. The number of allylic oxidation sites excluding steroid dienone is 2. The lowest BCUT2D eigenvalue weighted by Gasteiger charge is -2.34. The van der Waals surface area contributed by atoms with Crippen LogP contribution in [0.15, 0.2) is 46.1 Å². The molecule has 0 saturated carbocycles. The third-order valence-corrected chi connectivity index (χ3v) is 6.80. The van der Waals surface area contributed by atoms with Gasteiger partial charge in [0.2, 0.25) is 0 Å². The van der Waals surface area contributed by atoms with Gasteiger partial charge >= 0.3 is 6.09 Å². The second kappa shape index (κ2) is 5.94. The normalized spacial score (nSPS) is 18.8. The van der Waals surface area contributed by atoms with E-state index < -0.39 is 6.09 Å². The monoisotopic (exact) mass is 343 g/mol. The Balaban J connectivity index is 1.70. The van der Waals surface area contributed by atoms with E-state index in [1.807, 2.05) is 0 Å². The molecule has 126 valence electrons. The molecule has 0 atom stereocenters. The van der Waals surface area contributed by atoms with Gasteiger partial charge in [0.05, 0.1) is 11.2 Å². The highest BCUT2D eigenvalue weighted by atomic mass is 32.2. The van der Waals surface area contributed by atoms with Crippen LogP contribution >= 0.6 is 10.9 Å². The van der Waals surface area contributed by atoms with Gasteiger partial charge in [0.25, 0.3) is 0 Å². The lowest BCUT2D eigenvalue weighted by Crippen LogP contribution is -2.48. The number of aromatic nitrogens is 1. The molecule has 3 heterocycles. The summed E-state index contributed by atoms with van der Waals surface area (Å²) in [4.78, 5) is 19.8. The van der Waals surface area contributed by atoms with Crippen molar-refractivity contribution in [3.8, 4) is 0 Å². The number of thiol groups is 1. The minimum atomic E-state index is -0.825. The van der Waals surface area contributed by atoms with Crippen LogP contribution in [0.4, 0.5) is 10.5 Å². The molecule has 0 unspecified atom stereocenters. The first-order chi connectivity index (χ1) is 11.6. The molecule has 0 aliphatic carbocycles. The summed E-state index contributed by atoms with van der Waals surface area (Å²) in [5.74, 6) is 0. The third kappa shape index (κ3) is 2.47. The van der Waals surface area contributed by atoms with Crippen molar-refractivity contribution in [1.29, 1.82) is 0 Å². The maximum atomic E-state index is 11.1. The molecule has 2 aliphatic heterocycles. The van der Waals surface area contributed by atoms with E-state index in [-0.39, 0.29) is 10.9 Å². The highest BCUT2D eigenvalue weighted by molar-refractivity contribution is 8.22. The van der Waals surface area contributed by atoms with Crippen LogP contribution in [0.1, 0.15) is 5.69 Å². The number of fused-ring (bicyclic) bond motifs is 1. The van der Waals surface area contributed by atoms with E-state index >= 15 is 0 Å². The zero-order valence-electron chi connectivity index (χ0n) is 13.6. The summed E-state index contributed by atoms with van der Waals surface area (Å²) >= 11 is 0. The van der Waals surface area contributed by atoms with Crippen LogP contribution in [0.5, 0.6) is 0 Å². The van der Waals surface area contributed by atoms with Gasteiger partial charge in [-0.05, 0) is 23.8 Å². The predicted octanol–water partition coefficient (Wildman–Crippen LogP) is 3.68. The Hall–Kier alpha value is -2.34. The molecule has 4 rings (SSSR count). The number of piperazine rings is 1. The minimum absolute atomic E-state index is 0.366. The van der Waals surface area contributed by atoms with Crippen LogP contribution in [0.25, 0.3) is 10.9 Å². The van der Waals surface area contributed by atoms with Crippen molar-refractivity contribution in [3.05, 3.63) is 46.9 Å². The summed E-state index contributed by atoms with van der Waals surface area (Å²) in [5.41, 5.74) is 3.57. The van der Waals surface area contributed by atoms with Gasteiger partial charge < -0.3 is 19.9 Å². The molecule has 2 aromatic rings. The molecule has 1 aromatic carbocycles. The van der Waals surface area contributed by atoms with Gasteiger partial charge in [-0.3, -0.25) is 0 Å². The molecule has 1 fully saturated rings. The van der Waals surface area contributed by atoms with Crippen molar-refractivity contribution >= 4 is 33.6 Å². The van der Waals surface area contributed by atoms with Crippen LogP contribution in [-0.4, -0.2) is 47.3 Å². The van der Waals surface area contributed by atoms with Gasteiger partial charge in [-0.25, -0.2) is 4.79 Å². The number of para-hydroxylation sites is 1. The van der Waals surface area contributed by atoms with E-state index in [1.165, 1.54) is 32.1 Å². The van der Waals surface area contributed by atoms with Crippen molar-refractivity contribution < 1.29 is 9.90 Å². The number of anilines is 1. The number of H-pyrrole nitrogens is 1. The fraction of sp³-hybridized carbons (Fsp3) is 0.278. The summed E-state index contributed by atoms with van der Waals surface area (Å²) in [6, 6.07) is 6.43. The van der Waals surface area contributed by atoms with E-state index in [1.54, 1.807) is 0 Å². The second-order valence-electron chi connectivity index (χ2n) is 6.15. The van der Waals surface area contributed by atoms with E-state index in [0.29, 0.717) is 13.1 Å². The molecule has 0 bridgehead atoms. The van der Waals surface area contributed by atoms with Crippen LogP contribution in [0, 0.1) is 6.92 Å². The molecular weight excluding hydrogens is 322 g/mol. The first-order valence-electron chi connectivity index (χ1n) is 8.12. The molecule has 2 N–H and O–H groups in total. The topological polar surface area (TPSA) is 59.6 Å². The number of nitrogens with zero attached hydrogens (tertiary/aromatic N) is 2. The fourth-order valence-electron chi connectivity index (χ4n) is 3.54. The number of rotatable bonds is 2. The van der Waals surface area contributed by atoms with Gasteiger partial charge in [0.15, 0.2) is 0 Å². The quantitative estimate of drug-likeness (QED) is 0.729. The van der Waals surface area contributed by atoms with Crippen molar-refractivity contribution in [3.63, 3.8) is 0 Å². The van der Waals surface area contributed by atoms with Crippen LogP contribution < -0.4 is 4.90 Å². The molecular formula is C18H21N3O2S. The lowest BCUT2D eigenvalue weighted by atomic mass is 10.2. The maximum absolute atomic E-state index is 11.1. The third-order valence-electron chi connectivity index (χ3n) is 4.72. The lowest BCUT2D eigenvalue weighted by molar-refractivity contribution is 0.142. The van der Waals surface area contributed by atoms with Gasteiger partial charge in [-0.1, -0.05) is 24.3 Å². The fourth-order valence-corrected chi connectivity index (χ4v) is 5.41. The van der Waals surface area contributed by atoms with Crippen molar-refractivity contribution in [2.75, 3.05) is 31.1 Å². The van der Waals surface area contributed by atoms with Gasteiger partial charge in [0.1, 0.15) is 0 Å². The van der Waals surface area contributed by atoms with Crippen LogP contribution in [0.3, 0.4) is 0 Å². The first kappa shape index (κ1) is 15.2. The van der Waals surface area contributed by atoms with Crippen LogP contribution in [-0.2, 0) is 0 Å².